The highest BCUT2D eigenvalue weighted by molar-refractivity contribution is 6.10. The molecule has 0 amide bonds. The van der Waals surface area contributed by atoms with Crippen LogP contribution in [0.25, 0.3) is 55.3 Å². The van der Waals surface area contributed by atoms with Crippen molar-refractivity contribution in [1.29, 1.82) is 0 Å². The number of rotatable bonds is 9. The first-order chi connectivity index (χ1) is 31.7. The van der Waals surface area contributed by atoms with Crippen LogP contribution < -0.4 is 14.5 Å². The molecule has 2 atom stereocenters. The van der Waals surface area contributed by atoms with E-state index in [0.717, 1.165) is 72.9 Å². The average Bonchev–Trinajstić information content (AvgIpc) is 3.95. The van der Waals surface area contributed by atoms with Crippen LogP contribution in [-0.4, -0.2) is 6.10 Å². The first-order valence-corrected chi connectivity index (χ1v) is 21.9. The van der Waals surface area contributed by atoms with Gasteiger partial charge in [0.2, 0.25) is 0 Å². The minimum atomic E-state index is 0.0229. The number of fused-ring (bicyclic) bond motifs is 6. The van der Waals surface area contributed by atoms with Gasteiger partial charge in [-0.05, 0) is 106 Å². The number of para-hydroxylation sites is 5. The third-order valence-electron chi connectivity index (χ3n) is 12.6. The summed E-state index contributed by atoms with van der Waals surface area (Å²) in [6.07, 6.45) is 8.62. The molecule has 2 heterocycles. The third-order valence-corrected chi connectivity index (χ3v) is 12.6. The Morgan fingerprint density at radius 2 is 0.781 bits per heavy atom. The number of furan rings is 1. The van der Waals surface area contributed by atoms with E-state index < -0.39 is 0 Å². The topological polar surface area (TPSA) is 28.9 Å². The van der Waals surface area contributed by atoms with E-state index in [1.807, 2.05) is 12.1 Å². The highest BCUT2D eigenvalue weighted by Gasteiger charge is 2.35. The zero-order valence-electron chi connectivity index (χ0n) is 35.0. The molecule has 0 bridgehead atoms. The van der Waals surface area contributed by atoms with Crippen molar-refractivity contribution < 1.29 is 9.15 Å². The maximum absolute atomic E-state index is 6.61. The Morgan fingerprint density at radius 3 is 1.36 bits per heavy atom. The van der Waals surface area contributed by atoms with Gasteiger partial charge in [0.05, 0.1) is 11.4 Å². The van der Waals surface area contributed by atoms with E-state index in [1.165, 1.54) is 27.8 Å². The summed E-state index contributed by atoms with van der Waals surface area (Å²) in [5.74, 6) is 1.18. The lowest BCUT2D eigenvalue weighted by Crippen LogP contribution is -2.16. The highest BCUT2D eigenvalue weighted by Crippen LogP contribution is 2.50. The fraction of sp³-hybridized carbons (Fsp3) is 0.0333. The van der Waals surface area contributed by atoms with Crippen molar-refractivity contribution in [2.24, 2.45) is 0 Å². The average molecular weight is 823 g/mol. The molecule has 1 aromatic heterocycles. The largest absolute Gasteiger partial charge is 0.483 e. The molecule has 0 saturated heterocycles. The van der Waals surface area contributed by atoms with Crippen molar-refractivity contribution in [2.45, 2.75) is 12.0 Å². The van der Waals surface area contributed by atoms with Gasteiger partial charge in [-0.1, -0.05) is 170 Å². The quantitative estimate of drug-likeness (QED) is 0.145. The summed E-state index contributed by atoms with van der Waals surface area (Å²) in [7, 11) is 0. The molecule has 10 aromatic rings. The van der Waals surface area contributed by atoms with Crippen LogP contribution in [0.3, 0.4) is 0 Å². The molecule has 2 unspecified atom stereocenters. The Kier molecular flexibility index (Phi) is 9.27. The van der Waals surface area contributed by atoms with Crippen LogP contribution in [0.2, 0.25) is 0 Å². The van der Waals surface area contributed by atoms with Crippen LogP contribution in [0.4, 0.5) is 34.1 Å². The Labute approximate surface area is 372 Å². The fourth-order valence-corrected chi connectivity index (χ4v) is 9.46. The molecular formula is C60H42N2O2. The summed E-state index contributed by atoms with van der Waals surface area (Å²) in [6.45, 7) is 0. The molecule has 0 spiro atoms. The Morgan fingerprint density at radius 1 is 0.344 bits per heavy atom. The van der Waals surface area contributed by atoms with E-state index in [-0.39, 0.29) is 12.0 Å². The van der Waals surface area contributed by atoms with Crippen LogP contribution in [0.1, 0.15) is 11.5 Å². The number of hydrogen-bond acceptors (Lipinski definition) is 4. The molecule has 304 valence electrons. The van der Waals surface area contributed by atoms with Crippen molar-refractivity contribution in [1.82, 2.24) is 0 Å². The number of nitrogens with zero attached hydrogens (tertiary/aromatic N) is 2. The fourth-order valence-electron chi connectivity index (χ4n) is 9.46. The summed E-state index contributed by atoms with van der Waals surface area (Å²) in [6, 6.07) is 77.6. The van der Waals surface area contributed by atoms with E-state index in [0.29, 0.717) is 0 Å². The maximum atomic E-state index is 6.61. The van der Waals surface area contributed by atoms with Crippen molar-refractivity contribution in [2.75, 3.05) is 9.80 Å². The lowest BCUT2D eigenvalue weighted by molar-refractivity contribution is 0.269. The number of benzene rings is 9. The van der Waals surface area contributed by atoms with E-state index in [9.17, 15) is 0 Å². The highest BCUT2D eigenvalue weighted by atomic mass is 16.5. The number of anilines is 6. The lowest BCUT2D eigenvalue weighted by atomic mass is 9.92. The predicted molar refractivity (Wildman–Crippen MR) is 265 cm³/mol. The van der Waals surface area contributed by atoms with Gasteiger partial charge < -0.3 is 19.0 Å². The molecular weight excluding hydrogens is 781 g/mol. The SMILES string of the molecule is C1=CC2Oc3c(cccc3N(c3ccccc3)c3ccc(-c4ccc(-c5ccc(-c6ccc(N(c7ccccc7)c7cccc8c7oc7ccccc78)cc6)cc5)cc4)cc3)C2C=C1. The predicted octanol–water partition coefficient (Wildman–Crippen LogP) is 16.5. The first kappa shape index (κ1) is 37.4. The van der Waals surface area contributed by atoms with Crippen LogP contribution in [0.15, 0.2) is 247 Å². The molecule has 1 aliphatic heterocycles. The van der Waals surface area contributed by atoms with E-state index in [4.69, 9.17) is 9.15 Å². The van der Waals surface area contributed by atoms with Gasteiger partial charge in [0, 0.05) is 45.0 Å². The molecule has 9 aromatic carbocycles. The van der Waals surface area contributed by atoms with Crippen LogP contribution in [0.5, 0.6) is 5.75 Å². The monoisotopic (exact) mass is 822 g/mol. The molecule has 0 radical (unpaired) electrons. The van der Waals surface area contributed by atoms with Gasteiger partial charge in [-0.15, -0.1) is 0 Å². The number of hydrogen-bond donors (Lipinski definition) is 0. The minimum absolute atomic E-state index is 0.0229. The normalized spacial score (nSPS) is 14.9. The van der Waals surface area contributed by atoms with Gasteiger partial charge >= 0.3 is 0 Å². The summed E-state index contributed by atoms with van der Waals surface area (Å²) in [5, 5.41) is 2.23. The molecule has 64 heavy (non-hydrogen) atoms. The maximum Gasteiger partial charge on any atom is 0.159 e. The molecule has 4 nitrogen and oxygen atoms in total. The van der Waals surface area contributed by atoms with Gasteiger partial charge in [0.1, 0.15) is 17.4 Å². The molecule has 4 heteroatoms. The number of allylic oxidation sites excluding steroid dienone is 2. The molecule has 1 aliphatic carbocycles. The second-order valence-corrected chi connectivity index (χ2v) is 16.4. The second-order valence-electron chi connectivity index (χ2n) is 16.4. The smallest absolute Gasteiger partial charge is 0.159 e. The first-order valence-electron chi connectivity index (χ1n) is 21.9. The molecule has 12 rings (SSSR count). The minimum Gasteiger partial charge on any atom is -0.483 e. The number of ether oxygens (including phenoxy) is 1. The van der Waals surface area contributed by atoms with Crippen LogP contribution in [-0.2, 0) is 0 Å². The standard InChI is InChI=1S/C60H42N2O2/c1-3-13-47(14-4-1)61(55-21-11-19-53-51-17-7-9-23-57(51)63-59(53)55)49-37-33-45(34-38-49)43-29-25-41(26-30-43)42-27-31-44(32-28-42)46-35-39-50(40-36-46)62(48-15-5-2-6-16-48)56-22-12-20-54-52-18-8-10-24-58(52)64-60(54)56/h1-40,51,57H. The molecule has 0 saturated carbocycles. The van der Waals surface area contributed by atoms with E-state index in [1.54, 1.807) is 0 Å². The summed E-state index contributed by atoms with van der Waals surface area (Å²) < 4.78 is 13.1. The van der Waals surface area contributed by atoms with Gasteiger partial charge in [-0.3, -0.25) is 0 Å². The summed E-state index contributed by atoms with van der Waals surface area (Å²) >= 11 is 0. The zero-order valence-corrected chi connectivity index (χ0v) is 35.0. The molecule has 0 N–H and O–H groups in total. The van der Waals surface area contributed by atoms with E-state index in [2.05, 4.69) is 240 Å². The third kappa shape index (κ3) is 6.64. The van der Waals surface area contributed by atoms with Crippen LogP contribution in [0, 0.1) is 0 Å². The summed E-state index contributed by atoms with van der Waals surface area (Å²) in [5.41, 5.74) is 16.4. The van der Waals surface area contributed by atoms with Crippen molar-refractivity contribution in [3.8, 4) is 39.1 Å². The van der Waals surface area contributed by atoms with Gasteiger partial charge in [-0.25, -0.2) is 0 Å². The van der Waals surface area contributed by atoms with Gasteiger partial charge in [0.15, 0.2) is 5.58 Å². The van der Waals surface area contributed by atoms with Crippen molar-refractivity contribution in [3.05, 3.63) is 248 Å². The molecule has 2 aliphatic rings. The second kappa shape index (κ2) is 15.8. The van der Waals surface area contributed by atoms with Gasteiger partial charge in [-0.2, -0.15) is 0 Å². The van der Waals surface area contributed by atoms with E-state index >= 15 is 0 Å². The Hall–Kier alpha value is -8.34. The van der Waals surface area contributed by atoms with Crippen molar-refractivity contribution in [3.63, 3.8) is 0 Å². The lowest BCUT2D eigenvalue weighted by Gasteiger charge is -2.27. The van der Waals surface area contributed by atoms with Gasteiger partial charge in [0.25, 0.3) is 0 Å². The Balaban J connectivity index is 0.786. The Bertz CT molecular complexity index is 3330. The summed E-state index contributed by atoms with van der Waals surface area (Å²) in [4.78, 5) is 4.58. The molecule has 0 fully saturated rings. The zero-order chi connectivity index (χ0) is 42.4. The van der Waals surface area contributed by atoms with Crippen molar-refractivity contribution >= 4 is 56.1 Å². The van der Waals surface area contributed by atoms with Crippen LogP contribution >= 0.6 is 0 Å².